The van der Waals surface area contributed by atoms with E-state index in [0.29, 0.717) is 6.61 Å². The van der Waals surface area contributed by atoms with E-state index < -0.39 is 0 Å². The van der Waals surface area contributed by atoms with E-state index in [9.17, 15) is 0 Å². The Bertz CT molecular complexity index is 549. The molecule has 118 valence electrons. The summed E-state index contributed by atoms with van der Waals surface area (Å²) >= 11 is 0. The molecule has 3 nitrogen and oxygen atoms in total. The van der Waals surface area contributed by atoms with Crippen molar-refractivity contribution in [2.24, 2.45) is 0 Å². The lowest BCUT2D eigenvalue weighted by molar-refractivity contribution is 0.120. The quantitative estimate of drug-likeness (QED) is 0.611. The monoisotopic (exact) mass is 300 g/mol. The molecule has 0 aliphatic heterocycles. The molecule has 0 spiro atoms. The average Bonchev–Trinajstić information content (AvgIpc) is 2.52. The van der Waals surface area contributed by atoms with Gasteiger partial charge in [0.15, 0.2) is 0 Å². The molecule has 3 heteroatoms. The van der Waals surface area contributed by atoms with Crippen molar-refractivity contribution in [1.29, 1.82) is 0 Å². The van der Waals surface area contributed by atoms with Crippen LogP contribution >= 0.6 is 0 Å². The van der Waals surface area contributed by atoms with E-state index in [1.54, 1.807) is 0 Å². The third kappa shape index (κ3) is 5.78. The lowest BCUT2D eigenvalue weighted by Gasteiger charge is -2.09. The van der Waals surface area contributed by atoms with Crippen LogP contribution in [0.4, 0.5) is 0 Å². The molecular weight excluding hydrogens is 276 g/mol. The van der Waals surface area contributed by atoms with E-state index in [0.717, 1.165) is 43.3 Å². The molecule has 0 bridgehead atoms. The number of benzene rings is 2. The Morgan fingerprint density at radius 2 is 1.59 bits per heavy atom. The van der Waals surface area contributed by atoms with Crippen LogP contribution in [0.3, 0.4) is 0 Å². The van der Waals surface area contributed by atoms with Gasteiger partial charge in [-0.2, -0.15) is 0 Å². The van der Waals surface area contributed by atoms with Gasteiger partial charge in [-0.1, -0.05) is 19.1 Å². The maximum Gasteiger partial charge on any atom is 0.127 e. The highest BCUT2D eigenvalue weighted by atomic mass is 16.5. The summed E-state index contributed by atoms with van der Waals surface area (Å²) in [5.74, 6) is 2.51. The van der Waals surface area contributed by atoms with Crippen LogP contribution in [0.5, 0.6) is 17.2 Å². The summed E-state index contributed by atoms with van der Waals surface area (Å²) in [7, 11) is 0. The van der Waals surface area contributed by atoms with E-state index in [1.807, 2.05) is 55.5 Å². The van der Waals surface area contributed by atoms with Gasteiger partial charge < -0.3 is 14.2 Å². The Kier molecular flexibility index (Phi) is 6.78. The molecule has 22 heavy (non-hydrogen) atoms. The zero-order chi connectivity index (χ0) is 15.6. The van der Waals surface area contributed by atoms with Crippen molar-refractivity contribution >= 4 is 0 Å². The lowest BCUT2D eigenvalue weighted by atomic mass is 10.2. The maximum absolute atomic E-state index is 5.81. The number of ether oxygens (including phenoxy) is 3. The zero-order valence-electron chi connectivity index (χ0n) is 13.4. The van der Waals surface area contributed by atoms with Gasteiger partial charge in [-0.25, -0.2) is 0 Å². The minimum absolute atomic E-state index is 0.668. The van der Waals surface area contributed by atoms with Crippen LogP contribution in [0.15, 0.2) is 48.5 Å². The second-order valence-corrected chi connectivity index (χ2v) is 5.20. The van der Waals surface area contributed by atoms with Gasteiger partial charge in [0, 0.05) is 19.6 Å². The molecule has 2 rings (SSSR count). The molecule has 0 saturated heterocycles. The minimum atomic E-state index is 0.668. The van der Waals surface area contributed by atoms with Gasteiger partial charge in [0.1, 0.15) is 17.2 Å². The first-order valence-corrected chi connectivity index (χ1v) is 7.83. The summed E-state index contributed by atoms with van der Waals surface area (Å²) in [5.41, 5.74) is 1.18. The van der Waals surface area contributed by atoms with Gasteiger partial charge in [0.05, 0.1) is 6.61 Å². The molecule has 0 unspecified atom stereocenters. The molecule has 0 saturated carbocycles. The average molecular weight is 300 g/mol. The summed E-state index contributed by atoms with van der Waals surface area (Å²) in [6, 6.07) is 15.7. The lowest BCUT2D eigenvalue weighted by Crippen LogP contribution is -2.03. The van der Waals surface area contributed by atoms with Crippen LogP contribution in [0.1, 0.15) is 25.3 Å². The van der Waals surface area contributed by atoms with Crippen molar-refractivity contribution in [1.82, 2.24) is 0 Å². The van der Waals surface area contributed by atoms with Crippen LogP contribution in [0.25, 0.3) is 0 Å². The number of hydrogen-bond donors (Lipinski definition) is 0. The van der Waals surface area contributed by atoms with Gasteiger partial charge in [-0.05, 0) is 55.3 Å². The summed E-state index contributed by atoms with van der Waals surface area (Å²) < 4.78 is 16.9. The van der Waals surface area contributed by atoms with Crippen LogP contribution in [-0.2, 0) is 4.74 Å². The SMILES string of the molecule is CCCOCCCOc1ccc(Oc2cccc(C)c2)cc1. The highest BCUT2D eigenvalue weighted by Gasteiger charge is 1.99. The Morgan fingerprint density at radius 3 is 2.32 bits per heavy atom. The molecule has 2 aromatic carbocycles. The van der Waals surface area contributed by atoms with Crippen molar-refractivity contribution < 1.29 is 14.2 Å². The van der Waals surface area contributed by atoms with E-state index in [-0.39, 0.29) is 0 Å². The molecule has 0 heterocycles. The maximum atomic E-state index is 5.81. The predicted octanol–water partition coefficient (Wildman–Crippen LogP) is 4.98. The van der Waals surface area contributed by atoms with Gasteiger partial charge in [0.2, 0.25) is 0 Å². The van der Waals surface area contributed by atoms with Gasteiger partial charge in [0.25, 0.3) is 0 Å². The van der Waals surface area contributed by atoms with E-state index in [2.05, 4.69) is 6.92 Å². The Balaban J connectivity index is 1.75. The first-order valence-electron chi connectivity index (χ1n) is 7.83. The Morgan fingerprint density at radius 1 is 0.818 bits per heavy atom. The fourth-order valence-corrected chi connectivity index (χ4v) is 2.02. The summed E-state index contributed by atoms with van der Waals surface area (Å²) in [6.45, 7) is 6.40. The molecule has 0 aliphatic carbocycles. The van der Waals surface area contributed by atoms with E-state index in [4.69, 9.17) is 14.2 Å². The van der Waals surface area contributed by atoms with Gasteiger partial charge >= 0.3 is 0 Å². The molecule has 0 amide bonds. The zero-order valence-corrected chi connectivity index (χ0v) is 13.4. The molecule has 2 aromatic rings. The number of rotatable bonds is 9. The second kappa shape index (κ2) is 9.11. The van der Waals surface area contributed by atoms with E-state index >= 15 is 0 Å². The Hall–Kier alpha value is -2.00. The van der Waals surface area contributed by atoms with Crippen molar-refractivity contribution in [3.8, 4) is 17.2 Å². The minimum Gasteiger partial charge on any atom is -0.494 e. The molecule has 0 N–H and O–H groups in total. The molecule has 0 aromatic heterocycles. The Labute approximate surface area is 132 Å². The van der Waals surface area contributed by atoms with Crippen molar-refractivity contribution in [3.05, 3.63) is 54.1 Å². The fourth-order valence-electron chi connectivity index (χ4n) is 2.02. The van der Waals surface area contributed by atoms with Crippen LogP contribution in [0, 0.1) is 6.92 Å². The first-order chi connectivity index (χ1) is 10.8. The van der Waals surface area contributed by atoms with Crippen LogP contribution in [0.2, 0.25) is 0 Å². The molecule has 0 atom stereocenters. The smallest absolute Gasteiger partial charge is 0.127 e. The molecule has 0 aliphatic rings. The van der Waals surface area contributed by atoms with Crippen LogP contribution in [-0.4, -0.2) is 19.8 Å². The summed E-state index contributed by atoms with van der Waals surface area (Å²) in [5, 5.41) is 0. The normalized spacial score (nSPS) is 10.5. The third-order valence-electron chi connectivity index (χ3n) is 3.10. The predicted molar refractivity (Wildman–Crippen MR) is 88.9 cm³/mol. The van der Waals surface area contributed by atoms with E-state index in [1.165, 1.54) is 5.56 Å². The topological polar surface area (TPSA) is 27.7 Å². The van der Waals surface area contributed by atoms with Crippen molar-refractivity contribution in [3.63, 3.8) is 0 Å². The highest BCUT2D eigenvalue weighted by molar-refractivity contribution is 5.36. The van der Waals surface area contributed by atoms with Gasteiger partial charge in [-0.3, -0.25) is 0 Å². The third-order valence-corrected chi connectivity index (χ3v) is 3.10. The standard InChI is InChI=1S/C19H24O3/c1-3-12-20-13-5-14-21-17-8-10-18(11-9-17)22-19-7-4-6-16(2)15-19/h4,6-11,15H,3,5,12-14H2,1-2H3. The van der Waals surface area contributed by atoms with Crippen molar-refractivity contribution in [2.75, 3.05) is 19.8 Å². The number of aryl methyl sites for hydroxylation is 1. The molecule has 0 fully saturated rings. The number of hydrogen-bond acceptors (Lipinski definition) is 3. The molecule has 0 radical (unpaired) electrons. The largest absolute Gasteiger partial charge is 0.494 e. The first kappa shape index (κ1) is 16.4. The summed E-state index contributed by atoms with van der Waals surface area (Å²) in [4.78, 5) is 0. The highest BCUT2D eigenvalue weighted by Crippen LogP contribution is 2.24. The van der Waals surface area contributed by atoms with Crippen LogP contribution < -0.4 is 9.47 Å². The van der Waals surface area contributed by atoms with Gasteiger partial charge in [-0.15, -0.1) is 0 Å². The van der Waals surface area contributed by atoms with Crippen molar-refractivity contribution in [2.45, 2.75) is 26.7 Å². The second-order valence-electron chi connectivity index (χ2n) is 5.20. The summed E-state index contributed by atoms with van der Waals surface area (Å²) in [6.07, 6.45) is 1.96. The molecular formula is C19H24O3. The fraction of sp³-hybridized carbons (Fsp3) is 0.368.